The summed E-state index contributed by atoms with van der Waals surface area (Å²) in [6.45, 7) is 0.296. The molecule has 108 valence electrons. The van der Waals surface area contributed by atoms with Crippen LogP contribution in [-0.4, -0.2) is 29.0 Å². The zero-order chi connectivity index (χ0) is 14.3. The van der Waals surface area contributed by atoms with Gasteiger partial charge < -0.3 is 4.57 Å². The molecule has 0 N–H and O–H groups in total. The van der Waals surface area contributed by atoms with E-state index in [9.17, 15) is 12.8 Å². The Balaban J connectivity index is 2.09. The van der Waals surface area contributed by atoms with Crippen molar-refractivity contribution in [2.24, 2.45) is 0 Å². The number of hydrogen-bond donors (Lipinski definition) is 0. The molecule has 0 saturated carbocycles. The van der Waals surface area contributed by atoms with Gasteiger partial charge in [-0.15, -0.1) is 11.6 Å². The second-order valence-corrected chi connectivity index (χ2v) is 7.68. The van der Waals surface area contributed by atoms with Crippen LogP contribution in [0.3, 0.4) is 0 Å². The molecule has 0 spiro atoms. The Labute approximate surface area is 121 Å². The highest BCUT2D eigenvalue weighted by atomic mass is 35.5. The first kappa shape index (κ1) is 13.8. The Morgan fingerprint density at radius 2 is 2.25 bits per heavy atom. The zero-order valence-corrected chi connectivity index (χ0v) is 12.3. The first-order valence-corrected chi connectivity index (χ1v) is 8.69. The molecule has 1 fully saturated rings. The maximum atomic E-state index is 13.7. The summed E-state index contributed by atoms with van der Waals surface area (Å²) in [5, 5.41) is -0.426. The van der Waals surface area contributed by atoms with Crippen molar-refractivity contribution in [1.82, 2.24) is 9.55 Å². The van der Waals surface area contributed by atoms with E-state index in [-0.39, 0.29) is 17.1 Å². The van der Waals surface area contributed by atoms with Gasteiger partial charge in [-0.1, -0.05) is 6.07 Å². The topological polar surface area (TPSA) is 52.0 Å². The molecule has 0 bridgehead atoms. The molecule has 0 aliphatic carbocycles. The van der Waals surface area contributed by atoms with Gasteiger partial charge in [0.2, 0.25) is 0 Å². The van der Waals surface area contributed by atoms with Crippen LogP contribution in [0.5, 0.6) is 0 Å². The van der Waals surface area contributed by atoms with Crippen molar-refractivity contribution in [1.29, 1.82) is 0 Å². The second kappa shape index (κ2) is 5.00. The van der Waals surface area contributed by atoms with Crippen molar-refractivity contribution in [3.63, 3.8) is 0 Å². The van der Waals surface area contributed by atoms with Crippen molar-refractivity contribution >= 4 is 32.5 Å². The number of hydrogen-bond acceptors (Lipinski definition) is 3. The molecule has 2 heterocycles. The van der Waals surface area contributed by atoms with E-state index < -0.39 is 20.9 Å². The molecule has 2 aromatic rings. The molecule has 1 aliphatic rings. The lowest BCUT2D eigenvalue weighted by molar-refractivity contribution is 0.565. The summed E-state index contributed by atoms with van der Waals surface area (Å²) >= 11 is 5.86. The third-order valence-corrected chi connectivity index (χ3v) is 6.27. The van der Waals surface area contributed by atoms with Crippen LogP contribution in [0.15, 0.2) is 18.2 Å². The van der Waals surface area contributed by atoms with Crippen LogP contribution >= 0.6 is 11.6 Å². The van der Waals surface area contributed by atoms with E-state index in [1.54, 1.807) is 16.7 Å². The molecule has 0 radical (unpaired) electrons. The van der Waals surface area contributed by atoms with Gasteiger partial charge in [-0.05, 0) is 25.0 Å². The van der Waals surface area contributed by atoms with Crippen LogP contribution in [-0.2, 0) is 22.3 Å². The van der Waals surface area contributed by atoms with Gasteiger partial charge in [0.1, 0.15) is 11.3 Å². The van der Waals surface area contributed by atoms with Gasteiger partial charge in [0.05, 0.1) is 22.4 Å². The smallest absolute Gasteiger partial charge is 0.154 e. The lowest BCUT2D eigenvalue weighted by Crippen LogP contribution is -2.23. The summed E-state index contributed by atoms with van der Waals surface area (Å²) in [5.41, 5.74) is 0.848. The molecule has 1 aromatic carbocycles. The lowest BCUT2D eigenvalue weighted by Gasteiger charge is -2.13. The Morgan fingerprint density at radius 3 is 2.90 bits per heavy atom. The van der Waals surface area contributed by atoms with Gasteiger partial charge in [-0.25, -0.2) is 17.8 Å². The fourth-order valence-corrected chi connectivity index (χ4v) is 4.74. The van der Waals surface area contributed by atoms with Crippen LogP contribution in [0.1, 0.15) is 18.7 Å². The quantitative estimate of drug-likeness (QED) is 0.818. The fourth-order valence-electron chi connectivity index (χ4n) is 2.73. The van der Waals surface area contributed by atoms with Crippen molar-refractivity contribution in [2.45, 2.75) is 30.5 Å². The van der Waals surface area contributed by atoms with E-state index in [2.05, 4.69) is 4.98 Å². The first-order chi connectivity index (χ1) is 9.53. The van der Waals surface area contributed by atoms with E-state index >= 15 is 0 Å². The van der Waals surface area contributed by atoms with Crippen molar-refractivity contribution in [3.05, 3.63) is 29.8 Å². The maximum Gasteiger partial charge on any atom is 0.154 e. The number of fused-ring (bicyclic) bond motifs is 1. The predicted octanol–water partition coefficient (Wildman–Crippen LogP) is 2.49. The van der Waals surface area contributed by atoms with Gasteiger partial charge in [0, 0.05) is 6.54 Å². The summed E-state index contributed by atoms with van der Waals surface area (Å²) < 4.78 is 39.4. The molecule has 1 atom stereocenters. The Hall–Kier alpha value is -1.14. The number of sulfone groups is 1. The number of nitrogens with zero attached hydrogens (tertiary/aromatic N) is 2. The molecule has 1 unspecified atom stereocenters. The number of halogens is 2. The molecule has 0 amide bonds. The van der Waals surface area contributed by atoms with Gasteiger partial charge in [-0.3, -0.25) is 0 Å². The molecule has 20 heavy (non-hydrogen) atoms. The third-order valence-electron chi connectivity index (χ3n) is 3.78. The predicted molar refractivity (Wildman–Crippen MR) is 76.1 cm³/mol. The Morgan fingerprint density at radius 1 is 1.45 bits per heavy atom. The maximum absolute atomic E-state index is 13.7. The molecule has 4 nitrogen and oxygen atoms in total. The summed E-state index contributed by atoms with van der Waals surface area (Å²) in [7, 11) is -3.05. The average molecular weight is 317 g/mol. The summed E-state index contributed by atoms with van der Waals surface area (Å²) in [6.07, 6.45) is 1.32. The minimum atomic E-state index is -3.05. The van der Waals surface area contributed by atoms with Gasteiger partial charge in [0.15, 0.2) is 15.7 Å². The van der Waals surface area contributed by atoms with Gasteiger partial charge in [-0.2, -0.15) is 0 Å². The number of para-hydroxylation sites is 1. The summed E-state index contributed by atoms with van der Waals surface area (Å²) in [6, 6.07) is 4.67. The van der Waals surface area contributed by atoms with Crippen LogP contribution in [0.25, 0.3) is 11.0 Å². The monoisotopic (exact) mass is 316 g/mol. The number of aromatic nitrogens is 2. The second-order valence-electron chi connectivity index (χ2n) is 5.01. The normalized spacial score (nSPS) is 21.6. The molecule has 1 saturated heterocycles. The van der Waals surface area contributed by atoms with Crippen molar-refractivity contribution < 1.29 is 12.8 Å². The Bertz CT molecular complexity index is 757. The van der Waals surface area contributed by atoms with Gasteiger partial charge >= 0.3 is 0 Å². The van der Waals surface area contributed by atoms with E-state index in [0.29, 0.717) is 30.7 Å². The highest BCUT2D eigenvalue weighted by molar-refractivity contribution is 7.92. The molecule has 1 aromatic heterocycles. The fraction of sp³-hybridized carbons (Fsp3) is 0.462. The standard InChI is InChI=1S/C13H14ClFN2O2S/c14-7-12-16-13-10(15)4-1-5-11(13)17(12)8-9-3-2-6-20(9,18)19/h1,4-5,9H,2-3,6-8H2. The minimum absolute atomic E-state index is 0.126. The van der Waals surface area contributed by atoms with Crippen LogP contribution in [0.4, 0.5) is 4.39 Å². The van der Waals surface area contributed by atoms with E-state index in [0.717, 1.165) is 0 Å². The first-order valence-electron chi connectivity index (χ1n) is 6.44. The van der Waals surface area contributed by atoms with E-state index in [4.69, 9.17) is 11.6 Å². The molecular formula is C13H14ClFN2O2S. The zero-order valence-electron chi connectivity index (χ0n) is 10.7. The van der Waals surface area contributed by atoms with E-state index in [1.807, 2.05) is 0 Å². The number of benzene rings is 1. The van der Waals surface area contributed by atoms with Crippen LogP contribution < -0.4 is 0 Å². The van der Waals surface area contributed by atoms with Gasteiger partial charge in [0.25, 0.3) is 0 Å². The number of imidazole rings is 1. The molecular weight excluding hydrogens is 303 g/mol. The highest BCUT2D eigenvalue weighted by Gasteiger charge is 2.32. The number of alkyl halides is 1. The minimum Gasteiger partial charge on any atom is -0.326 e. The van der Waals surface area contributed by atoms with Crippen LogP contribution in [0.2, 0.25) is 0 Å². The molecule has 3 rings (SSSR count). The largest absolute Gasteiger partial charge is 0.326 e. The van der Waals surface area contributed by atoms with E-state index in [1.165, 1.54) is 6.07 Å². The average Bonchev–Trinajstić information content (AvgIpc) is 2.92. The van der Waals surface area contributed by atoms with Crippen LogP contribution in [0, 0.1) is 5.82 Å². The Kier molecular flexibility index (Phi) is 3.46. The summed E-state index contributed by atoms with van der Waals surface area (Å²) in [4.78, 5) is 4.18. The molecule has 1 aliphatic heterocycles. The lowest BCUT2D eigenvalue weighted by atomic mass is 10.2. The van der Waals surface area contributed by atoms with Crippen molar-refractivity contribution in [2.75, 3.05) is 5.75 Å². The number of rotatable bonds is 3. The SMILES string of the molecule is O=S1(=O)CCCC1Cn1c(CCl)nc2c(F)cccc21. The highest BCUT2D eigenvalue weighted by Crippen LogP contribution is 2.26. The summed E-state index contributed by atoms with van der Waals surface area (Å²) in [5.74, 6) is 0.450. The van der Waals surface area contributed by atoms with Crippen molar-refractivity contribution in [3.8, 4) is 0 Å². The molecule has 7 heteroatoms. The third kappa shape index (κ3) is 2.20.